The molecule has 7 nitrogen and oxygen atoms in total. The minimum absolute atomic E-state index is 0.162. The largest absolute Gasteiger partial charge is 0.493 e. The summed E-state index contributed by atoms with van der Waals surface area (Å²) in [5, 5.41) is 11.5. The van der Waals surface area contributed by atoms with Gasteiger partial charge in [-0.25, -0.2) is 13.4 Å². The van der Waals surface area contributed by atoms with Crippen molar-refractivity contribution in [2.24, 2.45) is 0 Å². The van der Waals surface area contributed by atoms with E-state index in [4.69, 9.17) is 0 Å². The fourth-order valence-corrected chi connectivity index (χ4v) is 6.72. The number of unbranched alkanes of at least 4 members (excludes halogenated alkanes) is 1. The summed E-state index contributed by atoms with van der Waals surface area (Å²) in [6.07, 6.45) is 5.81. The molecule has 202 valence electrons. The number of fused-ring (bicyclic) bond motifs is 1. The average Bonchev–Trinajstić information content (AvgIpc) is 2.93. The zero-order valence-electron chi connectivity index (χ0n) is 21.9. The quantitative estimate of drug-likeness (QED) is 0.304. The van der Waals surface area contributed by atoms with Gasteiger partial charge in [-0.3, -0.25) is 9.36 Å². The first-order chi connectivity index (χ1) is 18.7. The molecule has 2 aromatic carbocycles. The molecule has 39 heavy (non-hydrogen) atoms. The highest BCUT2D eigenvalue weighted by atomic mass is 32.2. The molecule has 1 aliphatic carbocycles. The molecule has 1 aliphatic rings. The Labute approximate surface area is 226 Å². The van der Waals surface area contributed by atoms with Gasteiger partial charge < -0.3 is 5.11 Å². The van der Waals surface area contributed by atoms with E-state index in [0.29, 0.717) is 35.4 Å². The SMILES string of the molecule is CCCCc1nc(=O)c(S(=O)(=O)c2ccc(-c3ccnc(F)c3C)cc2)c(O)n1[C@H]1CCCc2ccccc21. The topological polar surface area (TPSA) is 102 Å². The number of benzene rings is 2. The molecule has 4 aromatic rings. The fraction of sp³-hybridized carbons (Fsp3) is 0.300. The molecule has 0 amide bonds. The van der Waals surface area contributed by atoms with Crippen molar-refractivity contribution in [2.75, 3.05) is 0 Å². The Hall–Kier alpha value is -3.85. The second-order valence-electron chi connectivity index (χ2n) is 9.87. The number of aryl methyl sites for hydroxylation is 2. The molecule has 0 spiro atoms. The van der Waals surface area contributed by atoms with Gasteiger partial charge in [0.2, 0.25) is 21.7 Å². The van der Waals surface area contributed by atoms with Crippen LogP contribution in [0, 0.1) is 12.9 Å². The molecule has 0 bridgehead atoms. The van der Waals surface area contributed by atoms with E-state index in [1.807, 2.05) is 31.2 Å². The van der Waals surface area contributed by atoms with E-state index in [2.05, 4.69) is 9.97 Å². The van der Waals surface area contributed by atoms with Crippen molar-refractivity contribution in [1.29, 1.82) is 0 Å². The molecule has 0 aliphatic heterocycles. The van der Waals surface area contributed by atoms with Crippen molar-refractivity contribution < 1.29 is 17.9 Å². The minimum atomic E-state index is -4.43. The van der Waals surface area contributed by atoms with Crippen LogP contribution in [0.2, 0.25) is 0 Å². The monoisotopic (exact) mass is 547 g/mol. The second kappa shape index (κ2) is 10.7. The molecule has 1 N–H and O–H groups in total. The summed E-state index contributed by atoms with van der Waals surface area (Å²) < 4.78 is 43.0. The van der Waals surface area contributed by atoms with E-state index in [0.717, 1.165) is 36.8 Å². The molecule has 5 rings (SSSR count). The van der Waals surface area contributed by atoms with Crippen LogP contribution in [0.5, 0.6) is 5.88 Å². The average molecular weight is 548 g/mol. The Balaban J connectivity index is 1.64. The molecule has 0 saturated carbocycles. The molecule has 2 heterocycles. The van der Waals surface area contributed by atoms with E-state index in [1.165, 1.54) is 18.3 Å². The Morgan fingerprint density at radius 1 is 1.10 bits per heavy atom. The molecule has 0 radical (unpaired) electrons. The first-order valence-corrected chi connectivity index (χ1v) is 14.6. The number of nitrogens with zero attached hydrogens (tertiary/aromatic N) is 3. The molecule has 1 atom stereocenters. The highest BCUT2D eigenvalue weighted by Crippen LogP contribution is 2.38. The summed E-state index contributed by atoms with van der Waals surface area (Å²) in [6.45, 7) is 3.61. The van der Waals surface area contributed by atoms with Crippen LogP contribution in [-0.2, 0) is 22.7 Å². The lowest BCUT2D eigenvalue weighted by Crippen LogP contribution is -2.29. The first-order valence-electron chi connectivity index (χ1n) is 13.1. The second-order valence-corrected chi connectivity index (χ2v) is 11.8. The van der Waals surface area contributed by atoms with E-state index >= 15 is 0 Å². The maximum absolute atomic E-state index is 14.0. The molecular weight excluding hydrogens is 517 g/mol. The number of sulfone groups is 1. The van der Waals surface area contributed by atoms with Crippen LogP contribution in [0.4, 0.5) is 4.39 Å². The number of rotatable bonds is 7. The van der Waals surface area contributed by atoms with Gasteiger partial charge in [0.1, 0.15) is 5.82 Å². The predicted molar refractivity (Wildman–Crippen MR) is 146 cm³/mol. The van der Waals surface area contributed by atoms with Crippen LogP contribution in [0.3, 0.4) is 0 Å². The first kappa shape index (κ1) is 26.7. The normalized spacial score (nSPS) is 15.2. The summed E-state index contributed by atoms with van der Waals surface area (Å²) in [6, 6.07) is 15.0. The Bertz CT molecular complexity index is 1700. The molecule has 0 unspecified atom stereocenters. The standard InChI is InChI=1S/C30H30FN3O4S/c1-3-4-12-26-33-29(35)27(30(36)34(26)25-11-7-9-20-8-5-6-10-24(20)25)39(37,38)22-15-13-21(14-16-22)23-17-18-32-28(31)19(23)2/h5-6,8,10,13-18,25,36H,3-4,7,9,11-12H2,1-2H3/t25-/m0/s1. The Morgan fingerprint density at radius 3 is 2.59 bits per heavy atom. The van der Waals surface area contributed by atoms with E-state index in [9.17, 15) is 22.7 Å². The lowest BCUT2D eigenvalue weighted by atomic mass is 9.87. The Kier molecular flexibility index (Phi) is 7.36. The number of hydrogen-bond acceptors (Lipinski definition) is 6. The lowest BCUT2D eigenvalue weighted by Gasteiger charge is -2.30. The van der Waals surface area contributed by atoms with Gasteiger partial charge in [-0.2, -0.15) is 9.37 Å². The van der Waals surface area contributed by atoms with Crippen molar-refractivity contribution in [1.82, 2.24) is 14.5 Å². The molecule has 0 saturated heterocycles. The number of halogens is 1. The van der Waals surface area contributed by atoms with Crippen LogP contribution >= 0.6 is 0 Å². The van der Waals surface area contributed by atoms with Crippen molar-refractivity contribution in [3.63, 3.8) is 0 Å². The molecule has 9 heteroatoms. The zero-order chi connectivity index (χ0) is 27.7. The van der Waals surface area contributed by atoms with Crippen LogP contribution in [0.25, 0.3) is 11.1 Å². The van der Waals surface area contributed by atoms with Crippen molar-refractivity contribution >= 4 is 9.84 Å². The highest BCUT2D eigenvalue weighted by molar-refractivity contribution is 7.91. The van der Waals surface area contributed by atoms with E-state index in [1.54, 1.807) is 29.7 Å². The maximum Gasteiger partial charge on any atom is 0.296 e. The number of hydrogen-bond donors (Lipinski definition) is 1. The molecular formula is C30H30FN3O4S. The lowest BCUT2D eigenvalue weighted by molar-refractivity contribution is 0.346. The van der Waals surface area contributed by atoms with Gasteiger partial charge >= 0.3 is 0 Å². The van der Waals surface area contributed by atoms with Crippen LogP contribution in [0.1, 0.15) is 61.2 Å². The summed E-state index contributed by atoms with van der Waals surface area (Å²) >= 11 is 0. The van der Waals surface area contributed by atoms with E-state index < -0.39 is 32.1 Å². The van der Waals surface area contributed by atoms with Gasteiger partial charge in [-0.1, -0.05) is 49.7 Å². The highest BCUT2D eigenvalue weighted by Gasteiger charge is 2.33. The molecule has 0 fully saturated rings. The summed E-state index contributed by atoms with van der Waals surface area (Å²) in [4.78, 5) is 20.1. The van der Waals surface area contributed by atoms with Gasteiger partial charge in [0.05, 0.1) is 10.9 Å². The zero-order valence-corrected chi connectivity index (χ0v) is 22.7. The summed E-state index contributed by atoms with van der Waals surface area (Å²) in [7, 11) is -4.43. The van der Waals surface area contributed by atoms with Crippen LogP contribution in [-0.4, -0.2) is 28.1 Å². The number of aromatic nitrogens is 3. The van der Waals surface area contributed by atoms with Gasteiger partial charge in [0, 0.05) is 18.2 Å². The van der Waals surface area contributed by atoms with Crippen molar-refractivity contribution in [2.45, 2.75) is 68.2 Å². The van der Waals surface area contributed by atoms with E-state index in [-0.39, 0.29) is 10.9 Å². The third-order valence-electron chi connectivity index (χ3n) is 7.42. The van der Waals surface area contributed by atoms with Gasteiger partial charge in [-0.05, 0) is 73.1 Å². The number of aromatic hydroxyl groups is 1. The Morgan fingerprint density at radius 2 is 1.85 bits per heavy atom. The molecule has 2 aromatic heterocycles. The van der Waals surface area contributed by atoms with Crippen molar-refractivity contribution in [3.05, 3.63) is 99.6 Å². The maximum atomic E-state index is 14.0. The fourth-order valence-electron chi connectivity index (χ4n) is 5.37. The van der Waals surface area contributed by atoms with Crippen molar-refractivity contribution in [3.8, 4) is 17.0 Å². The van der Waals surface area contributed by atoms with Gasteiger partial charge in [-0.15, -0.1) is 0 Å². The van der Waals surface area contributed by atoms with Gasteiger partial charge in [0.25, 0.3) is 5.56 Å². The van der Waals surface area contributed by atoms with Gasteiger partial charge in [0.15, 0.2) is 4.90 Å². The van der Waals surface area contributed by atoms with Crippen LogP contribution in [0.15, 0.2) is 75.4 Å². The summed E-state index contributed by atoms with van der Waals surface area (Å²) in [5.41, 5.74) is 2.67. The van der Waals surface area contributed by atoms with Crippen LogP contribution < -0.4 is 5.56 Å². The summed E-state index contributed by atoms with van der Waals surface area (Å²) in [5.74, 6) is -0.808. The number of pyridine rings is 1. The minimum Gasteiger partial charge on any atom is -0.493 e. The third-order valence-corrected chi connectivity index (χ3v) is 9.21. The third kappa shape index (κ3) is 4.87. The predicted octanol–water partition coefficient (Wildman–Crippen LogP) is 5.56. The smallest absolute Gasteiger partial charge is 0.296 e.